The second-order valence-electron chi connectivity index (χ2n) is 6.67. The predicted octanol–water partition coefficient (Wildman–Crippen LogP) is 4.52. The van der Waals surface area contributed by atoms with Gasteiger partial charge in [-0.25, -0.2) is 13.8 Å². The van der Waals surface area contributed by atoms with Crippen LogP contribution in [0.1, 0.15) is 27.0 Å². The number of hydrogen-bond donors (Lipinski definition) is 2. The van der Waals surface area contributed by atoms with Crippen molar-refractivity contribution in [2.24, 2.45) is 5.10 Å². The van der Waals surface area contributed by atoms with Gasteiger partial charge in [-0.15, -0.1) is 0 Å². The van der Waals surface area contributed by atoms with E-state index in [0.717, 1.165) is 16.7 Å². The molecule has 0 aromatic heterocycles. The normalized spacial score (nSPS) is 11.4. The molecule has 154 valence electrons. The van der Waals surface area contributed by atoms with E-state index in [9.17, 15) is 13.2 Å². The first-order valence-corrected chi connectivity index (χ1v) is 10.9. The van der Waals surface area contributed by atoms with Crippen LogP contribution in [0, 0.1) is 13.8 Å². The quantitative estimate of drug-likeness (QED) is 0.435. The van der Waals surface area contributed by atoms with E-state index in [0.29, 0.717) is 0 Å². The molecule has 0 aliphatic heterocycles. The van der Waals surface area contributed by atoms with Crippen molar-refractivity contribution in [3.05, 3.63) is 94.0 Å². The van der Waals surface area contributed by atoms with E-state index in [4.69, 9.17) is 11.6 Å². The summed E-state index contributed by atoms with van der Waals surface area (Å²) in [5, 5.41) is 4.25. The minimum absolute atomic E-state index is 0.0616. The first kappa shape index (κ1) is 21.5. The summed E-state index contributed by atoms with van der Waals surface area (Å²) in [6, 6.07) is 18.1. The van der Waals surface area contributed by atoms with E-state index in [2.05, 4.69) is 15.2 Å². The summed E-state index contributed by atoms with van der Waals surface area (Å²) in [6.07, 6.45) is 1.55. The number of hydrazone groups is 1. The number of amides is 1. The Bertz CT molecular complexity index is 1220. The van der Waals surface area contributed by atoms with Crippen LogP contribution in [0.5, 0.6) is 0 Å². The Labute approximate surface area is 180 Å². The highest BCUT2D eigenvalue weighted by molar-refractivity contribution is 7.92. The van der Waals surface area contributed by atoms with Gasteiger partial charge in [0.15, 0.2) is 0 Å². The lowest BCUT2D eigenvalue weighted by atomic mass is 10.1. The van der Waals surface area contributed by atoms with Crippen molar-refractivity contribution in [3.8, 4) is 0 Å². The summed E-state index contributed by atoms with van der Waals surface area (Å²) >= 11 is 6.02. The predicted molar refractivity (Wildman–Crippen MR) is 120 cm³/mol. The number of halogens is 1. The number of sulfonamides is 1. The molecule has 0 saturated heterocycles. The SMILES string of the molecule is Cc1ccc(/C=N/NC(=O)c2cccc(S(=O)(=O)Nc3ccccc3Cl)c2)c(C)c1. The van der Waals surface area contributed by atoms with E-state index in [-0.39, 0.29) is 21.2 Å². The van der Waals surface area contributed by atoms with Gasteiger partial charge in [0.05, 0.1) is 21.8 Å². The molecular formula is C22H20ClN3O3S. The van der Waals surface area contributed by atoms with Crippen LogP contribution in [0.15, 0.2) is 76.7 Å². The van der Waals surface area contributed by atoms with E-state index >= 15 is 0 Å². The molecule has 0 atom stereocenters. The smallest absolute Gasteiger partial charge is 0.271 e. The topological polar surface area (TPSA) is 87.6 Å². The number of hydrogen-bond acceptors (Lipinski definition) is 4. The van der Waals surface area contributed by atoms with Gasteiger partial charge in [-0.05, 0) is 55.3 Å². The third-order valence-electron chi connectivity index (χ3n) is 4.32. The highest BCUT2D eigenvalue weighted by Gasteiger charge is 2.17. The van der Waals surface area contributed by atoms with Crippen LogP contribution in [0.2, 0.25) is 5.02 Å². The molecule has 8 heteroatoms. The lowest BCUT2D eigenvalue weighted by Gasteiger charge is -2.10. The number of carbonyl (C=O) groups excluding carboxylic acids is 1. The minimum atomic E-state index is -3.92. The van der Waals surface area contributed by atoms with Crippen LogP contribution in [0.4, 0.5) is 5.69 Å². The number of carbonyl (C=O) groups is 1. The zero-order valence-electron chi connectivity index (χ0n) is 16.4. The molecular weight excluding hydrogens is 422 g/mol. The summed E-state index contributed by atoms with van der Waals surface area (Å²) in [5.41, 5.74) is 5.89. The molecule has 30 heavy (non-hydrogen) atoms. The third kappa shape index (κ3) is 5.25. The molecule has 0 fully saturated rings. The zero-order valence-corrected chi connectivity index (χ0v) is 18.0. The Kier molecular flexibility index (Phi) is 6.54. The fraction of sp³-hybridized carbons (Fsp3) is 0.0909. The molecule has 3 aromatic rings. The molecule has 0 unspecified atom stereocenters. The Balaban J connectivity index is 1.75. The monoisotopic (exact) mass is 441 g/mol. The molecule has 2 N–H and O–H groups in total. The summed E-state index contributed by atoms with van der Waals surface area (Å²) in [6.45, 7) is 3.95. The summed E-state index contributed by atoms with van der Waals surface area (Å²) in [4.78, 5) is 12.3. The first-order chi connectivity index (χ1) is 14.3. The van der Waals surface area contributed by atoms with Gasteiger partial charge in [-0.2, -0.15) is 5.10 Å². The number of anilines is 1. The zero-order chi connectivity index (χ0) is 21.7. The van der Waals surface area contributed by atoms with Crippen molar-refractivity contribution in [2.75, 3.05) is 4.72 Å². The average Bonchev–Trinajstić information content (AvgIpc) is 2.71. The number of benzene rings is 3. The van der Waals surface area contributed by atoms with Crippen molar-refractivity contribution in [2.45, 2.75) is 18.7 Å². The summed E-state index contributed by atoms with van der Waals surface area (Å²) in [5.74, 6) is -0.522. The van der Waals surface area contributed by atoms with Crippen molar-refractivity contribution >= 4 is 39.4 Å². The van der Waals surface area contributed by atoms with Crippen LogP contribution in [0.3, 0.4) is 0 Å². The third-order valence-corrected chi connectivity index (χ3v) is 6.01. The maximum atomic E-state index is 12.7. The summed E-state index contributed by atoms with van der Waals surface area (Å²) in [7, 11) is -3.92. The summed E-state index contributed by atoms with van der Waals surface area (Å²) < 4.78 is 27.7. The van der Waals surface area contributed by atoms with Gasteiger partial charge < -0.3 is 0 Å². The molecule has 1 amide bonds. The van der Waals surface area contributed by atoms with Gasteiger partial charge >= 0.3 is 0 Å². The first-order valence-electron chi connectivity index (χ1n) is 9.04. The van der Waals surface area contributed by atoms with Gasteiger partial charge in [0.25, 0.3) is 15.9 Å². The van der Waals surface area contributed by atoms with Gasteiger partial charge in [0.2, 0.25) is 0 Å². The van der Waals surface area contributed by atoms with Crippen LogP contribution < -0.4 is 10.1 Å². The van der Waals surface area contributed by atoms with Gasteiger partial charge in [-0.1, -0.05) is 53.6 Å². The Morgan fingerprint density at radius 2 is 1.77 bits per heavy atom. The maximum Gasteiger partial charge on any atom is 0.271 e. The van der Waals surface area contributed by atoms with Gasteiger partial charge in [0, 0.05) is 5.56 Å². The van der Waals surface area contributed by atoms with Crippen molar-refractivity contribution in [1.29, 1.82) is 0 Å². The van der Waals surface area contributed by atoms with Gasteiger partial charge in [-0.3, -0.25) is 9.52 Å². The fourth-order valence-corrected chi connectivity index (χ4v) is 4.11. The second kappa shape index (κ2) is 9.11. The van der Waals surface area contributed by atoms with Crippen molar-refractivity contribution in [3.63, 3.8) is 0 Å². The minimum Gasteiger partial charge on any atom is -0.278 e. The molecule has 0 aliphatic rings. The van der Waals surface area contributed by atoms with Crippen LogP contribution >= 0.6 is 11.6 Å². The standard InChI is InChI=1S/C22H20ClN3O3S/c1-15-10-11-18(16(2)12-15)14-24-25-22(27)17-6-5-7-19(13-17)30(28,29)26-21-9-4-3-8-20(21)23/h3-14,26H,1-2H3,(H,25,27)/b24-14+. The lowest BCUT2D eigenvalue weighted by Crippen LogP contribution is -2.19. The molecule has 0 aliphatic carbocycles. The molecule has 0 heterocycles. The molecule has 0 spiro atoms. The second-order valence-corrected chi connectivity index (χ2v) is 8.76. The number of nitrogens with one attached hydrogen (secondary N) is 2. The van der Waals surface area contributed by atoms with E-state index in [1.807, 2.05) is 32.0 Å². The average molecular weight is 442 g/mol. The number of nitrogens with zero attached hydrogens (tertiary/aromatic N) is 1. The Hall–Kier alpha value is -3.16. The molecule has 3 aromatic carbocycles. The number of aryl methyl sites for hydroxylation is 2. The Morgan fingerprint density at radius 1 is 1.00 bits per heavy atom. The highest BCUT2D eigenvalue weighted by atomic mass is 35.5. The van der Waals surface area contributed by atoms with E-state index < -0.39 is 15.9 Å². The molecule has 0 bridgehead atoms. The lowest BCUT2D eigenvalue weighted by molar-refractivity contribution is 0.0955. The molecule has 6 nitrogen and oxygen atoms in total. The van der Waals surface area contributed by atoms with Crippen LogP contribution in [-0.4, -0.2) is 20.5 Å². The highest BCUT2D eigenvalue weighted by Crippen LogP contribution is 2.24. The maximum absolute atomic E-state index is 12.7. The molecule has 0 radical (unpaired) electrons. The van der Waals surface area contributed by atoms with E-state index in [1.54, 1.807) is 30.5 Å². The largest absolute Gasteiger partial charge is 0.278 e. The number of rotatable bonds is 6. The molecule has 3 rings (SSSR count). The molecule has 0 saturated carbocycles. The van der Waals surface area contributed by atoms with E-state index in [1.165, 1.54) is 24.3 Å². The van der Waals surface area contributed by atoms with Crippen molar-refractivity contribution in [1.82, 2.24) is 5.43 Å². The van der Waals surface area contributed by atoms with Crippen molar-refractivity contribution < 1.29 is 13.2 Å². The Morgan fingerprint density at radius 3 is 2.50 bits per heavy atom. The van der Waals surface area contributed by atoms with Crippen LogP contribution in [0.25, 0.3) is 0 Å². The number of para-hydroxylation sites is 1. The van der Waals surface area contributed by atoms with Crippen LogP contribution in [-0.2, 0) is 10.0 Å². The fourth-order valence-electron chi connectivity index (χ4n) is 2.75. The van der Waals surface area contributed by atoms with Gasteiger partial charge in [0.1, 0.15) is 0 Å².